The molecule has 0 saturated heterocycles. The van der Waals surface area contributed by atoms with Gasteiger partial charge in [0.15, 0.2) is 0 Å². The van der Waals surface area contributed by atoms with Crippen LogP contribution in [-0.4, -0.2) is 16.1 Å². The third-order valence-electron chi connectivity index (χ3n) is 1.99. The zero-order valence-corrected chi connectivity index (χ0v) is 7.30. The maximum atomic E-state index is 12.0. The molecule has 1 heterocycles. The van der Waals surface area contributed by atoms with Crippen molar-refractivity contribution >= 4 is 0 Å². The molecule has 0 aromatic carbocycles. The van der Waals surface area contributed by atoms with Gasteiger partial charge in [0.25, 0.3) is 0 Å². The maximum absolute atomic E-state index is 12.0. The third-order valence-corrected chi connectivity index (χ3v) is 1.99. The summed E-state index contributed by atoms with van der Waals surface area (Å²) in [7, 11) is 0. The number of hydrogen-bond acceptors (Lipinski definition) is 2. The van der Waals surface area contributed by atoms with Gasteiger partial charge in [0, 0.05) is 5.92 Å². The van der Waals surface area contributed by atoms with Crippen LogP contribution in [0.4, 0.5) is 13.2 Å². The lowest BCUT2D eigenvalue weighted by Crippen LogP contribution is -2.13. The standard InChI is InChI=1S/C9H8F3N2/c10-9(11,12)5-7-3-4-13-8(14-7)6-1-2-6/h3,6H,1-2,5H2. The number of nitrogens with zero attached hydrogens (tertiary/aromatic N) is 2. The number of rotatable bonds is 2. The van der Waals surface area contributed by atoms with Gasteiger partial charge in [0.2, 0.25) is 0 Å². The molecule has 0 amide bonds. The van der Waals surface area contributed by atoms with Crippen LogP contribution < -0.4 is 0 Å². The molecule has 0 unspecified atom stereocenters. The van der Waals surface area contributed by atoms with Gasteiger partial charge >= 0.3 is 6.18 Å². The molecule has 1 saturated carbocycles. The summed E-state index contributed by atoms with van der Waals surface area (Å²) in [6.07, 6.45) is -0.788. The van der Waals surface area contributed by atoms with E-state index in [1.807, 2.05) is 0 Å². The highest BCUT2D eigenvalue weighted by molar-refractivity contribution is 5.10. The van der Waals surface area contributed by atoms with Crippen molar-refractivity contribution in [2.24, 2.45) is 0 Å². The van der Waals surface area contributed by atoms with E-state index in [9.17, 15) is 13.2 Å². The third kappa shape index (κ3) is 2.43. The van der Waals surface area contributed by atoms with Crippen LogP contribution >= 0.6 is 0 Å². The van der Waals surface area contributed by atoms with E-state index < -0.39 is 12.6 Å². The molecule has 0 N–H and O–H groups in total. The molecule has 1 aliphatic rings. The highest BCUT2D eigenvalue weighted by atomic mass is 19.4. The van der Waals surface area contributed by atoms with Gasteiger partial charge in [-0.1, -0.05) is 0 Å². The number of halogens is 3. The Morgan fingerprint density at radius 3 is 2.71 bits per heavy atom. The van der Waals surface area contributed by atoms with Gasteiger partial charge in [-0.2, -0.15) is 13.2 Å². The molecule has 1 aromatic heterocycles. The Balaban J connectivity index is 2.13. The first-order valence-electron chi connectivity index (χ1n) is 4.35. The van der Waals surface area contributed by atoms with Crippen LogP contribution in [0, 0.1) is 6.20 Å². The molecule has 1 aliphatic carbocycles. The Labute approximate surface area is 79.2 Å². The Hall–Kier alpha value is -1.13. The number of hydrogen-bond donors (Lipinski definition) is 0. The number of alkyl halides is 3. The summed E-state index contributed by atoms with van der Waals surface area (Å²) < 4.78 is 36.0. The van der Waals surface area contributed by atoms with E-state index in [-0.39, 0.29) is 11.6 Å². The van der Waals surface area contributed by atoms with E-state index in [0.717, 1.165) is 12.8 Å². The molecule has 0 bridgehead atoms. The van der Waals surface area contributed by atoms with Crippen LogP contribution in [-0.2, 0) is 6.42 Å². The summed E-state index contributed by atoms with van der Waals surface area (Å²) in [4.78, 5) is 7.69. The topological polar surface area (TPSA) is 25.8 Å². The molecular weight excluding hydrogens is 193 g/mol. The van der Waals surface area contributed by atoms with Crippen LogP contribution in [0.2, 0.25) is 0 Å². The van der Waals surface area contributed by atoms with Gasteiger partial charge in [-0.25, -0.2) is 9.97 Å². The fraction of sp³-hybridized carbons (Fsp3) is 0.556. The predicted molar refractivity (Wildman–Crippen MR) is 42.6 cm³/mol. The minimum Gasteiger partial charge on any atom is -0.237 e. The Kier molecular flexibility index (Phi) is 2.17. The van der Waals surface area contributed by atoms with E-state index in [2.05, 4.69) is 16.2 Å². The van der Waals surface area contributed by atoms with Crippen LogP contribution in [0.25, 0.3) is 0 Å². The summed E-state index contributed by atoms with van der Waals surface area (Å²) in [6, 6.07) is 1.19. The molecule has 5 heteroatoms. The lowest BCUT2D eigenvalue weighted by molar-refractivity contribution is -0.127. The first-order chi connectivity index (χ1) is 6.54. The van der Waals surface area contributed by atoms with Gasteiger partial charge in [-0.05, 0) is 18.9 Å². The van der Waals surface area contributed by atoms with Crippen molar-refractivity contribution in [3.8, 4) is 0 Å². The van der Waals surface area contributed by atoms with Crippen LogP contribution in [0.3, 0.4) is 0 Å². The summed E-state index contributed by atoms with van der Waals surface area (Å²) in [6.45, 7) is 0. The van der Waals surface area contributed by atoms with Crippen LogP contribution in [0.5, 0.6) is 0 Å². The highest BCUT2D eigenvalue weighted by Crippen LogP contribution is 2.37. The Bertz CT molecular complexity index is 331. The fourth-order valence-electron chi connectivity index (χ4n) is 1.20. The van der Waals surface area contributed by atoms with E-state index in [4.69, 9.17) is 0 Å². The Morgan fingerprint density at radius 1 is 1.43 bits per heavy atom. The molecule has 0 atom stereocenters. The van der Waals surface area contributed by atoms with E-state index in [1.54, 1.807) is 0 Å². The Morgan fingerprint density at radius 2 is 2.14 bits per heavy atom. The van der Waals surface area contributed by atoms with Crippen molar-refractivity contribution in [2.45, 2.75) is 31.4 Å². The summed E-state index contributed by atoms with van der Waals surface area (Å²) >= 11 is 0. The lowest BCUT2D eigenvalue weighted by Gasteiger charge is -2.05. The number of aromatic nitrogens is 2. The second-order valence-corrected chi connectivity index (χ2v) is 3.41. The van der Waals surface area contributed by atoms with E-state index in [1.165, 1.54) is 6.07 Å². The SMILES string of the molecule is FC(F)(F)Cc1c[c]nc(C2CC2)n1. The second kappa shape index (κ2) is 3.22. The van der Waals surface area contributed by atoms with Crippen LogP contribution in [0.1, 0.15) is 30.3 Å². The summed E-state index contributed by atoms with van der Waals surface area (Å²) in [5.41, 5.74) is 0.00870. The first-order valence-corrected chi connectivity index (χ1v) is 4.35. The normalized spacial score (nSPS) is 17.1. The molecule has 1 aromatic rings. The van der Waals surface area contributed by atoms with Crippen molar-refractivity contribution < 1.29 is 13.2 Å². The van der Waals surface area contributed by atoms with Crippen molar-refractivity contribution in [2.75, 3.05) is 0 Å². The average Bonchev–Trinajstić information content (AvgIpc) is 2.83. The molecule has 0 spiro atoms. The van der Waals surface area contributed by atoms with Gasteiger partial charge in [-0.15, -0.1) is 0 Å². The van der Waals surface area contributed by atoms with E-state index in [0.29, 0.717) is 5.82 Å². The minimum absolute atomic E-state index is 0.00870. The summed E-state index contributed by atoms with van der Waals surface area (Å²) in [5.74, 6) is 0.770. The zero-order valence-electron chi connectivity index (χ0n) is 7.30. The minimum atomic E-state index is -4.21. The van der Waals surface area contributed by atoms with Gasteiger partial charge in [0.1, 0.15) is 5.82 Å². The van der Waals surface area contributed by atoms with Crippen molar-refractivity contribution in [1.29, 1.82) is 0 Å². The molecule has 14 heavy (non-hydrogen) atoms. The molecule has 2 rings (SSSR count). The van der Waals surface area contributed by atoms with Crippen molar-refractivity contribution in [1.82, 2.24) is 9.97 Å². The second-order valence-electron chi connectivity index (χ2n) is 3.41. The van der Waals surface area contributed by atoms with E-state index >= 15 is 0 Å². The van der Waals surface area contributed by atoms with Crippen LogP contribution in [0.15, 0.2) is 6.07 Å². The molecule has 1 radical (unpaired) electrons. The smallest absolute Gasteiger partial charge is 0.237 e. The van der Waals surface area contributed by atoms with Crippen molar-refractivity contribution in [3.63, 3.8) is 0 Å². The maximum Gasteiger partial charge on any atom is 0.394 e. The van der Waals surface area contributed by atoms with Gasteiger partial charge in [-0.3, -0.25) is 0 Å². The van der Waals surface area contributed by atoms with Crippen molar-refractivity contribution in [3.05, 3.63) is 23.8 Å². The lowest BCUT2D eigenvalue weighted by atomic mass is 10.3. The molecule has 2 nitrogen and oxygen atoms in total. The molecule has 75 valence electrons. The quantitative estimate of drug-likeness (QED) is 0.733. The van der Waals surface area contributed by atoms with Gasteiger partial charge < -0.3 is 0 Å². The summed E-state index contributed by atoms with van der Waals surface area (Å²) in [5, 5.41) is 0. The predicted octanol–water partition coefficient (Wildman–Crippen LogP) is 2.26. The fourth-order valence-corrected chi connectivity index (χ4v) is 1.20. The molecule has 0 aliphatic heterocycles. The molecule has 1 fully saturated rings. The zero-order chi connectivity index (χ0) is 10.2. The average molecular weight is 201 g/mol. The first kappa shape index (κ1) is 9.43. The van der Waals surface area contributed by atoms with Gasteiger partial charge in [0.05, 0.1) is 18.3 Å². The molecular formula is C9H8F3N2. The highest BCUT2D eigenvalue weighted by Gasteiger charge is 2.30. The largest absolute Gasteiger partial charge is 0.394 e. The monoisotopic (exact) mass is 201 g/mol.